The van der Waals surface area contributed by atoms with Crippen molar-refractivity contribution in [2.24, 2.45) is 0 Å². The van der Waals surface area contributed by atoms with Gasteiger partial charge >= 0.3 is 0 Å². The van der Waals surface area contributed by atoms with Crippen LogP contribution in [0.25, 0.3) is 54.9 Å². The average Bonchev–Trinajstić information content (AvgIpc) is 3.30. The van der Waals surface area contributed by atoms with Crippen molar-refractivity contribution in [3.8, 4) is 33.4 Å². The van der Waals surface area contributed by atoms with Crippen LogP contribution in [0.5, 0.6) is 0 Å². The van der Waals surface area contributed by atoms with Gasteiger partial charge in [-0.3, -0.25) is 0 Å². The summed E-state index contributed by atoms with van der Waals surface area (Å²) in [6.07, 6.45) is 0. The molecule has 0 unspecified atom stereocenters. The Balaban J connectivity index is 1.09. The normalized spacial score (nSPS) is 11.1. The molecule has 0 atom stereocenters. The predicted molar refractivity (Wildman–Crippen MR) is 247 cm³/mol. The Bertz CT molecular complexity index is 2980. The van der Waals surface area contributed by atoms with E-state index in [4.69, 9.17) is 0 Å². The Labute approximate surface area is 340 Å². The van der Waals surface area contributed by atoms with Crippen LogP contribution < -0.4 is 9.80 Å². The van der Waals surface area contributed by atoms with Crippen LogP contribution in [0, 0.1) is 0 Å². The zero-order valence-electron chi connectivity index (χ0n) is 32.0. The van der Waals surface area contributed by atoms with Crippen LogP contribution in [-0.4, -0.2) is 0 Å². The molecular weight excluding hydrogens is 701 g/mol. The van der Waals surface area contributed by atoms with Crippen LogP contribution in [0.4, 0.5) is 34.1 Å². The smallest absolute Gasteiger partial charge is 0.0540 e. The van der Waals surface area contributed by atoms with E-state index in [1.165, 1.54) is 43.8 Å². The summed E-state index contributed by atoms with van der Waals surface area (Å²) < 4.78 is 0. The minimum absolute atomic E-state index is 1.10. The van der Waals surface area contributed by atoms with Crippen LogP contribution >= 0.6 is 0 Å². The molecule has 58 heavy (non-hydrogen) atoms. The van der Waals surface area contributed by atoms with Crippen LogP contribution in [0.15, 0.2) is 243 Å². The number of hydrogen-bond donors (Lipinski definition) is 0. The Morgan fingerprint density at radius 3 is 1.29 bits per heavy atom. The fraction of sp³-hybridized carbons (Fsp3) is 0. The fourth-order valence-corrected chi connectivity index (χ4v) is 8.31. The standard InChI is InChI=1S/C56H40N2/c1-4-17-41(18-5-1)42-35-37-49(38-36-42)57(47-25-6-2-7-26-47)50-29-12-23-45(39-50)53-32-14-21-44-22-15-33-54(56(44)53)46-24-13-30-51(40-46)58(48-27-8-3-9-28-48)55-34-16-20-43-19-10-11-31-52(43)55/h1-40H. The van der Waals surface area contributed by atoms with Crippen molar-refractivity contribution in [1.29, 1.82) is 0 Å². The summed E-state index contributed by atoms with van der Waals surface area (Å²) in [5, 5.41) is 4.86. The molecule has 0 heterocycles. The topological polar surface area (TPSA) is 6.48 Å². The zero-order chi connectivity index (χ0) is 38.7. The van der Waals surface area contributed by atoms with Gasteiger partial charge < -0.3 is 9.80 Å². The van der Waals surface area contributed by atoms with Gasteiger partial charge in [-0.2, -0.15) is 0 Å². The van der Waals surface area contributed by atoms with Crippen molar-refractivity contribution in [3.63, 3.8) is 0 Å². The average molecular weight is 741 g/mol. The Hall–Kier alpha value is -7.68. The van der Waals surface area contributed by atoms with Crippen LogP contribution in [0.2, 0.25) is 0 Å². The van der Waals surface area contributed by atoms with Crippen LogP contribution in [-0.2, 0) is 0 Å². The van der Waals surface area contributed by atoms with Crippen LogP contribution in [0.3, 0.4) is 0 Å². The molecule has 10 aromatic carbocycles. The molecule has 0 aliphatic rings. The number of nitrogens with zero attached hydrogens (tertiary/aromatic N) is 2. The lowest BCUT2D eigenvalue weighted by Gasteiger charge is -2.27. The van der Waals surface area contributed by atoms with E-state index >= 15 is 0 Å². The second kappa shape index (κ2) is 15.5. The summed E-state index contributed by atoms with van der Waals surface area (Å²) in [6, 6.07) is 87.3. The third kappa shape index (κ3) is 6.67. The summed E-state index contributed by atoms with van der Waals surface area (Å²) in [5.74, 6) is 0. The number of rotatable bonds is 9. The van der Waals surface area contributed by atoms with E-state index in [-0.39, 0.29) is 0 Å². The van der Waals surface area contributed by atoms with E-state index in [0.717, 1.165) is 45.3 Å². The van der Waals surface area contributed by atoms with Gasteiger partial charge in [0.05, 0.1) is 5.69 Å². The molecule has 0 aliphatic carbocycles. The lowest BCUT2D eigenvalue weighted by atomic mass is 9.91. The third-order valence-electron chi connectivity index (χ3n) is 11.0. The van der Waals surface area contributed by atoms with E-state index in [0.29, 0.717) is 0 Å². The highest BCUT2D eigenvalue weighted by Gasteiger charge is 2.18. The molecule has 2 nitrogen and oxygen atoms in total. The van der Waals surface area contributed by atoms with Crippen molar-refractivity contribution in [1.82, 2.24) is 0 Å². The van der Waals surface area contributed by atoms with Gasteiger partial charge in [0.25, 0.3) is 0 Å². The van der Waals surface area contributed by atoms with E-state index in [1.807, 2.05) is 0 Å². The Morgan fingerprint density at radius 1 is 0.241 bits per heavy atom. The molecule has 2 heteroatoms. The first-order chi connectivity index (χ1) is 28.8. The maximum absolute atomic E-state index is 2.38. The van der Waals surface area contributed by atoms with Gasteiger partial charge in [-0.1, -0.05) is 176 Å². The maximum Gasteiger partial charge on any atom is 0.0540 e. The molecule has 0 aromatic heterocycles. The Kier molecular flexibility index (Phi) is 9.27. The third-order valence-corrected chi connectivity index (χ3v) is 11.0. The summed E-state index contributed by atoms with van der Waals surface area (Å²) in [6.45, 7) is 0. The first-order valence-corrected chi connectivity index (χ1v) is 19.8. The SMILES string of the molecule is c1ccc(-c2ccc(N(c3ccccc3)c3cccc(-c4cccc5cccc(-c6cccc(N(c7ccccc7)c7cccc8ccccc78)c6)c45)c3)cc2)cc1. The first-order valence-electron chi connectivity index (χ1n) is 19.8. The molecule has 0 radical (unpaired) electrons. The van der Waals surface area contributed by atoms with E-state index in [2.05, 4.69) is 252 Å². The monoisotopic (exact) mass is 740 g/mol. The number of para-hydroxylation sites is 2. The molecule has 10 aromatic rings. The van der Waals surface area contributed by atoms with Gasteiger partial charge in [0.15, 0.2) is 0 Å². The number of benzene rings is 10. The zero-order valence-corrected chi connectivity index (χ0v) is 32.0. The molecule has 274 valence electrons. The number of hydrogen-bond acceptors (Lipinski definition) is 2. The van der Waals surface area contributed by atoms with E-state index in [9.17, 15) is 0 Å². The van der Waals surface area contributed by atoms with Crippen molar-refractivity contribution < 1.29 is 0 Å². The second-order valence-corrected chi connectivity index (χ2v) is 14.6. The maximum atomic E-state index is 2.38. The molecule has 0 bridgehead atoms. The molecule has 0 spiro atoms. The van der Waals surface area contributed by atoms with Crippen molar-refractivity contribution >= 4 is 55.7 Å². The van der Waals surface area contributed by atoms with E-state index in [1.54, 1.807) is 0 Å². The highest BCUT2D eigenvalue weighted by atomic mass is 15.1. The highest BCUT2D eigenvalue weighted by molar-refractivity contribution is 6.07. The lowest BCUT2D eigenvalue weighted by molar-refractivity contribution is 1.28. The quantitative estimate of drug-likeness (QED) is 0.145. The molecule has 0 amide bonds. The van der Waals surface area contributed by atoms with Crippen molar-refractivity contribution in [3.05, 3.63) is 243 Å². The summed E-state index contributed by atoms with van der Waals surface area (Å²) in [5.41, 5.74) is 13.8. The lowest BCUT2D eigenvalue weighted by Crippen LogP contribution is -2.10. The highest BCUT2D eigenvalue weighted by Crippen LogP contribution is 2.43. The second-order valence-electron chi connectivity index (χ2n) is 14.6. The van der Waals surface area contributed by atoms with Gasteiger partial charge in [0.2, 0.25) is 0 Å². The van der Waals surface area contributed by atoms with Gasteiger partial charge in [-0.15, -0.1) is 0 Å². The largest absolute Gasteiger partial charge is 0.310 e. The van der Waals surface area contributed by atoms with Gasteiger partial charge in [-0.05, 0) is 116 Å². The summed E-state index contributed by atoms with van der Waals surface area (Å²) in [4.78, 5) is 4.73. The van der Waals surface area contributed by atoms with Gasteiger partial charge in [0, 0.05) is 33.8 Å². The molecule has 0 N–H and O–H groups in total. The Morgan fingerprint density at radius 2 is 0.655 bits per heavy atom. The fourth-order valence-electron chi connectivity index (χ4n) is 8.31. The van der Waals surface area contributed by atoms with Crippen LogP contribution in [0.1, 0.15) is 0 Å². The summed E-state index contributed by atoms with van der Waals surface area (Å²) >= 11 is 0. The van der Waals surface area contributed by atoms with Crippen molar-refractivity contribution in [2.75, 3.05) is 9.80 Å². The molecule has 0 saturated heterocycles. The first kappa shape index (κ1) is 34.8. The number of anilines is 6. The molecular formula is C56H40N2. The molecule has 0 fully saturated rings. The minimum atomic E-state index is 1.10. The van der Waals surface area contributed by atoms with Crippen molar-refractivity contribution in [2.45, 2.75) is 0 Å². The molecule has 0 saturated carbocycles. The predicted octanol–water partition coefficient (Wildman–Crippen LogP) is 15.9. The van der Waals surface area contributed by atoms with E-state index < -0.39 is 0 Å². The minimum Gasteiger partial charge on any atom is -0.310 e. The number of fused-ring (bicyclic) bond motifs is 2. The molecule has 10 rings (SSSR count). The molecule has 0 aliphatic heterocycles. The van der Waals surface area contributed by atoms with Gasteiger partial charge in [0.1, 0.15) is 0 Å². The summed E-state index contributed by atoms with van der Waals surface area (Å²) in [7, 11) is 0. The van der Waals surface area contributed by atoms with Gasteiger partial charge in [-0.25, -0.2) is 0 Å².